The average Bonchev–Trinajstić information content (AvgIpc) is 3.11. The zero-order chi connectivity index (χ0) is 21.2. The number of hydrogen-bond acceptors (Lipinski definition) is 5. The first-order valence-corrected chi connectivity index (χ1v) is 10.4. The predicted octanol–water partition coefficient (Wildman–Crippen LogP) is 4.78. The summed E-state index contributed by atoms with van der Waals surface area (Å²) < 4.78 is 27.0. The molecule has 31 heavy (non-hydrogen) atoms. The van der Waals surface area contributed by atoms with E-state index in [1.807, 2.05) is 35.9 Å². The van der Waals surface area contributed by atoms with E-state index in [1.165, 1.54) is 12.1 Å². The van der Waals surface area contributed by atoms with Gasteiger partial charge in [-0.3, -0.25) is 4.98 Å². The SMILES string of the molecule is Cn1c(Cc2ccc(Oc3nccnc3C3CCOCC3)cc2)nc2ccc(F)cc21. The van der Waals surface area contributed by atoms with Gasteiger partial charge in [0.2, 0.25) is 5.88 Å². The maximum absolute atomic E-state index is 13.6. The van der Waals surface area contributed by atoms with E-state index in [2.05, 4.69) is 15.0 Å². The summed E-state index contributed by atoms with van der Waals surface area (Å²) in [6, 6.07) is 12.5. The lowest BCUT2D eigenvalue weighted by Gasteiger charge is -2.22. The van der Waals surface area contributed by atoms with E-state index >= 15 is 0 Å². The molecule has 5 rings (SSSR count). The first kappa shape index (κ1) is 19.6. The quantitative estimate of drug-likeness (QED) is 0.467. The molecular weight excluding hydrogens is 395 g/mol. The first-order chi connectivity index (χ1) is 15.2. The van der Waals surface area contributed by atoms with Gasteiger partial charge in [-0.15, -0.1) is 0 Å². The molecule has 6 nitrogen and oxygen atoms in total. The third kappa shape index (κ3) is 4.14. The molecule has 1 fully saturated rings. The van der Waals surface area contributed by atoms with E-state index in [9.17, 15) is 4.39 Å². The molecule has 4 aromatic rings. The zero-order valence-electron chi connectivity index (χ0n) is 17.3. The number of rotatable bonds is 5. The lowest BCUT2D eigenvalue weighted by Crippen LogP contribution is -2.16. The molecule has 7 heteroatoms. The maximum Gasteiger partial charge on any atom is 0.241 e. The number of aryl methyl sites for hydroxylation is 1. The molecule has 1 aliphatic rings. The van der Waals surface area contributed by atoms with Crippen LogP contribution in [0.2, 0.25) is 0 Å². The molecule has 0 atom stereocenters. The van der Waals surface area contributed by atoms with Crippen molar-refractivity contribution in [2.45, 2.75) is 25.2 Å². The number of hydrogen-bond donors (Lipinski definition) is 0. The summed E-state index contributed by atoms with van der Waals surface area (Å²) >= 11 is 0. The van der Waals surface area contributed by atoms with E-state index in [0.717, 1.165) is 54.2 Å². The van der Waals surface area contributed by atoms with Crippen LogP contribution >= 0.6 is 0 Å². The molecule has 0 unspecified atom stereocenters. The molecule has 3 heterocycles. The van der Waals surface area contributed by atoms with E-state index in [0.29, 0.717) is 24.0 Å². The molecule has 2 aromatic carbocycles. The van der Waals surface area contributed by atoms with Crippen LogP contribution < -0.4 is 4.74 Å². The molecule has 0 saturated carbocycles. The number of nitrogens with zero attached hydrogens (tertiary/aromatic N) is 4. The molecule has 0 spiro atoms. The van der Waals surface area contributed by atoms with Gasteiger partial charge in [-0.1, -0.05) is 12.1 Å². The third-order valence-electron chi connectivity index (χ3n) is 5.73. The lowest BCUT2D eigenvalue weighted by atomic mass is 9.96. The van der Waals surface area contributed by atoms with Crippen molar-refractivity contribution in [1.29, 1.82) is 0 Å². The van der Waals surface area contributed by atoms with Crippen molar-refractivity contribution in [3.63, 3.8) is 0 Å². The van der Waals surface area contributed by atoms with Gasteiger partial charge in [0.1, 0.15) is 23.1 Å². The Morgan fingerprint density at radius 2 is 1.84 bits per heavy atom. The highest BCUT2D eigenvalue weighted by molar-refractivity contribution is 5.76. The number of halogens is 1. The molecule has 1 saturated heterocycles. The van der Waals surface area contributed by atoms with Crippen LogP contribution in [0.3, 0.4) is 0 Å². The monoisotopic (exact) mass is 418 g/mol. The highest BCUT2D eigenvalue weighted by Crippen LogP contribution is 2.33. The van der Waals surface area contributed by atoms with Gasteiger partial charge < -0.3 is 14.0 Å². The summed E-state index contributed by atoms with van der Waals surface area (Å²) in [5, 5.41) is 0. The molecule has 1 aliphatic heterocycles. The standard InChI is InChI=1S/C24H23FN4O2/c1-29-21-15-18(25)4-7-20(21)28-22(29)14-16-2-5-19(6-3-16)31-24-23(26-10-11-27-24)17-8-12-30-13-9-17/h2-7,10-11,15,17H,8-9,12-14H2,1H3. The van der Waals surface area contributed by atoms with Gasteiger partial charge in [0.25, 0.3) is 0 Å². The first-order valence-electron chi connectivity index (χ1n) is 10.4. The number of ether oxygens (including phenoxy) is 2. The highest BCUT2D eigenvalue weighted by Gasteiger charge is 2.22. The maximum atomic E-state index is 13.6. The summed E-state index contributed by atoms with van der Waals surface area (Å²) in [6.07, 6.45) is 5.86. The fourth-order valence-corrected chi connectivity index (χ4v) is 4.01. The number of benzene rings is 2. The minimum atomic E-state index is -0.257. The smallest absolute Gasteiger partial charge is 0.241 e. The topological polar surface area (TPSA) is 62.1 Å². The van der Waals surface area contributed by atoms with Crippen LogP contribution in [-0.4, -0.2) is 32.7 Å². The summed E-state index contributed by atoms with van der Waals surface area (Å²) in [7, 11) is 1.91. The van der Waals surface area contributed by atoms with Crippen LogP contribution in [-0.2, 0) is 18.2 Å². The van der Waals surface area contributed by atoms with E-state index < -0.39 is 0 Å². The Balaban J connectivity index is 1.33. The van der Waals surface area contributed by atoms with Gasteiger partial charge in [-0.2, -0.15) is 0 Å². The number of aromatic nitrogens is 4. The van der Waals surface area contributed by atoms with Crippen molar-refractivity contribution < 1.29 is 13.9 Å². The highest BCUT2D eigenvalue weighted by atomic mass is 19.1. The summed E-state index contributed by atoms with van der Waals surface area (Å²) in [5.74, 6) is 2.20. The van der Waals surface area contributed by atoms with Crippen molar-refractivity contribution in [2.75, 3.05) is 13.2 Å². The van der Waals surface area contributed by atoms with Crippen molar-refractivity contribution in [2.24, 2.45) is 7.05 Å². The molecule has 0 aliphatic carbocycles. The van der Waals surface area contributed by atoms with E-state index in [-0.39, 0.29) is 5.82 Å². The van der Waals surface area contributed by atoms with Crippen LogP contribution in [0.4, 0.5) is 4.39 Å². The number of imidazole rings is 1. The van der Waals surface area contributed by atoms with Crippen molar-refractivity contribution in [3.8, 4) is 11.6 Å². The van der Waals surface area contributed by atoms with Crippen molar-refractivity contribution in [3.05, 3.63) is 77.8 Å². The van der Waals surface area contributed by atoms with Gasteiger partial charge in [0, 0.05) is 45.0 Å². The molecule has 0 amide bonds. The van der Waals surface area contributed by atoms with Gasteiger partial charge in [-0.25, -0.2) is 14.4 Å². The Morgan fingerprint density at radius 3 is 2.65 bits per heavy atom. The molecule has 0 N–H and O–H groups in total. The van der Waals surface area contributed by atoms with Crippen molar-refractivity contribution in [1.82, 2.24) is 19.5 Å². The summed E-state index contributed by atoms with van der Waals surface area (Å²) in [6.45, 7) is 1.48. The van der Waals surface area contributed by atoms with Crippen LogP contribution in [0.5, 0.6) is 11.6 Å². The fourth-order valence-electron chi connectivity index (χ4n) is 4.01. The fraction of sp³-hybridized carbons (Fsp3) is 0.292. The Kier molecular flexibility index (Phi) is 5.34. The van der Waals surface area contributed by atoms with Gasteiger partial charge in [0.05, 0.1) is 11.0 Å². The average molecular weight is 418 g/mol. The molecular formula is C24H23FN4O2. The van der Waals surface area contributed by atoms with E-state index in [4.69, 9.17) is 9.47 Å². The van der Waals surface area contributed by atoms with Crippen LogP contribution in [0.1, 0.15) is 35.8 Å². The number of fused-ring (bicyclic) bond motifs is 1. The van der Waals surface area contributed by atoms with Crippen molar-refractivity contribution >= 4 is 11.0 Å². The minimum Gasteiger partial charge on any atom is -0.437 e. The molecule has 2 aromatic heterocycles. The van der Waals surface area contributed by atoms with Gasteiger partial charge in [0.15, 0.2) is 0 Å². The van der Waals surface area contributed by atoms with Gasteiger partial charge >= 0.3 is 0 Å². The Morgan fingerprint density at radius 1 is 1.06 bits per heavy atom. The van der Waals surface area contributed by atoms with Crippen LogP contribution in [0.15, 0.2) is 54.9 Å². The Bertz CT molecular complexity index is 1200. The Hall–Kier alpha value is -3.32. The lowest BCUT2D eigenvalue weighted by molar-refractivity contribution is 0.0839. The van der Waals surface area contributed by atoms with Crippen LogP contribution in [0, 0.1) is 5.82 Å². The second kappa shape index (κ2) is 8.43. The molecule has 0 bridgehead atoms. The minimum absolute atomic E-state index is 0.257. The zero-order valence-corrected chi connectivity index (χ0v) is 17.3. The summed E-state index contributed by atoms with van der Waals surface area (Å²) in [4.78, 5) is 13.6. The van der Waals surface area contributed by atoms with Crippen LogP contribution in [0.25, 0.3) is 11.0 Å². The Labute approximate surface area is 179 Å². The second-order valence-electron chi connectivity index (χ2n) is 7.78. The van der Waals surface area contributed by atoms with Gasteiger partial charge in [-0.05, 0) is 48.7 Å². The largest absolute Gasteiger partial charge is 0.437 e. The predicted molar refractivity (Wildman–Crippen MR) is 115 cm³/mol. The second-order valence-corrected chi connectivity index (χ2v) is 7.78. The normalized spacial score (nSPS) is 14.8. The van der Waals surface area contributed by atoms with E-state index in [1.54, 1.807) is 18.5 Å². The summed E-state index contributed by atoms with van der Waals surface area (Å²) in [5.41, 5.74) is 3.57. The third-order valence-corrected chi connectivity index (χ3v) is 5.73. The molecule has 0 radical (unpaired) electrons. The molecule has 158 valence electrons.